The Hall–Kier alpha value is -2.50. The highest BCUT2D eigenvalue weighted by Crippen LogP contribution is 2.44. The highest BCUT2D eigenvalue weighted by Gasteiger charge is 2.43. The number of fused-ring (bicyclic) bond motifs is 1. The first-order valence-corrected chi connectivity index (χ1v) is 10.1. The molecule has 1 saturated heterocycles. The number of furan rings is 2. The highest BCUT2D eigenvalue weighted by molar-refractivity contribution is 5.39. The normalized spacial score (nSPS) is 21.4. The summed E-state index contributed by atoms with van der Waals surface area (Å²) in [6.45, 7) is 3.73. The smallest absolute Gasteiger partial charge is 0.124 e. The minimum Gasteiger partial charge on any atom is -0.487 e. The lowest BCUT2D eigenvalue weighted by Crippen LogP contribution is -2.51. The molecule has 2 aliphatic heterocycles. The van der Waals surface area contributed by atoms with Gasteiger partial charge in [-0.3, -0.25) is 4.90 Å². The topological polar surface area (TPSA) is 50.8 Å². The summed E-state index contributed by atoms with van der Waals surface area (Å²) in [4.78, 5) is 2.46. The molecule has 1 spiro atoms. The van der Waals surface area contributed by atoms with Crippen LogP contribution in [-0.4, -0.2) is 23.6 Å². The summed E-state index contributed by atoms with van der Waals surface area (Å²) in [7, 11) is 0. The van der Waals surface area contributed by atoms with E-state index in [1.54, 1.807) is 18.8 Å². The molecule has 5 rings (SSSR count). The van der Waals surface area contributed by atoms with Crippen LogP contribution in [0.15, 0.2) is 70.1 Å². The Morgan fingerprint density at radius 3 is 2.71 bits per heavy atom. The lowest BCUT2D eigenvalue weighted by atomic mass is 9.80. The summed E-state index contributed by atoms with van der Waals surface area (Å²) in [5, 5.41) is 3.73. The number of nitrogens with zero attached hydrogens (tertiary/aromatic N) is 1. The van der Waals surface area contributed by atoms with Crippen LogP contribution in [0.3, 0.4) is 0 Å². The molecule has 5 heteroatoms. The molecule has 146 valence electrons. The van der Waals surface area contributed by atoms with E-state index in [1.165, 1.54) is 11.1 Å². The molecule has 0 saturated carbocycles. The van der Waals surface area contributed by atoms with Crippen molar-refractivity contribution in [3.05, 3.63) is 78.1 Å². The van der Waals surface area contributed by atoms with Crippen LogP contribution < -0.4 is 10.1 Å². The van der Waals surface area contributed by atoms with Gasteiger partial charge in [-0.2, -0.15) is 0 Å². The average molecular weight is 378 g/mol. The van der Waals surface area contributed by atoms with Gasteiger partial charge in [-0.15, -0.1) is 0 Å². The molecule has 0 radical (unpaired) electrons. The number of para-hydroxylation sites is 1. The number of hydrogen-bond donors (Lipinski definition) is 1. The largest absolute Gasteiger partial charge is 0.487 e. The van der Waals surface area contributed by atoms with Gasteiger partial charge in [0.15, 0.2) is 0 Å². The number of benzene rings is 1. The first-order valence-electron chi connectivity index (χ1n) is 10.1. The molecule has 1 N–H and O–H groups in total. The van der Waals surface area contributed by atoms with Crippen molar-refractivity contribution in [2.24, 2.45) is 0 Å². The maximum Gasteiger partial charge on any atom is 0.124 e. The van der Waals surface area contributed by atoms with Crippen LogP contribution in [0.1, 0.15) is 42.2 Å². The zero-order chi connectivity index (χ0) is 18.8. The molecule has 0 aliphatic carbocycles. The SMILES string of the molecule is c1coc(CN2CCC3(CC2)CC(NCc2ccoc2)c2ccccc2O3)c1. The third-order valence-corrected chi connectivity index (χ3v) is 6.06. The van der Waals surface area contributed by atoms with Gasteiger partial charge in [0.05, 0.1) is 25.3 Å². The maximum atomic E-state index is 6.60. The zero-order valence-electron chi connectivity index (χ0n) is 16.0. The van der Waals surface area contributed by atoms with Crippen molar-refractivity contribution >= 4 is 0 Å². The summed E-state index contributed by atoms with van der Waals surface area (Å²) in [6, 6.07) is 14.8. The molecule has 1 unspecified atom stereocenters. The maximum absolute atomic E-state index is 6.60. The Balaban J connectivity index is 1.29. The van der Waals surface area contributed by atoms with Crippen LogP contribution in [0.4, 0.5) is 0 Å². The molecule has 4 heterocycles. The van der Waals surface area contributed by atoms with Gasteiger partial charge in [0.2, 0.25) is 0 Å². The van der Waals surface area contributed by atoms with Crippen LogP contribution in [0.2, 0.25) is 0 Å². The number of hydrogen-bond acceptors (Lipinski definition) is 5. The second-order valence-electron chi connectivity index (χ2n) is 7.95. The fourth-order valence-corrected chi connectivity index (χ4v) is 4.48. The summed E-state index contributed by atoms with van der Waals surface area (Å²) in [6.07, 6.45) is 8.35. The van der Waals surface area contributed by atoms with Crippen LogP contribution in [0.25, 0.3) is 0 Å². The second-order valence-corrected chi connectivity index (χ2v) is 7.95. The molecule has 2 aromatic heterocycles. The fraction of sp³-hybridized carbons (Fsp3) is 0.391. The van der Waals surface area contributed by atoms with Crippen molar-refractivity contribution in [3.8, 4) is 5.75 Å². The van der Waals surface area contributed by atoms with E-state index in [9.17, 15) is 0 Å². The number of piperidine rings is 1. The molecular formula is C23H26N2O3. The molecule has 1 aromatic carbocycles. The highest BCUT2D eigenvalue weighted by atomic mass is 16.5. The monoisotopic (exact) mass is 378 g/mol. The second kappa shape index (κ2) is 7.49. The van der Waals surface area contributed by atoms with Crippen molar-refractivity contribution < 1.29 is 13.6 Å². The van der Waals surface area contributed by atoms with Crippen molar-refractivity contribution in [2.75, 3.05) is 13.1 Å². The number of nitrogens with one attached hydrogen (secondary N) is 1. The Morgan fingerprint density at radius 1 is 1.04 bits per heavy atom. The molecule has 5 nitrogen and oxygen atoms in total. The van der Waals surface area contributed by atoms with Crippen LogP contribution in [-0.2, 0) is 13.1 Å². The third kappa shape index (κ3) is 3.60. The third-order valence-electron chi connectivity index (χ3n) is 6.06. The summed E-state index contributed by atoms with van der Waals surface area (Å²) in [5.41, 5.74) is 2.34. The van der Waals surface area contributed by atoms with Gasteiger partial charge in [-0.05, 0) is 37.1 Å². The van der Waals surface area contributed by atoms with Crippen molar-refractivity contribution in [1.82, 2.24) is 10.2 Å². The van der Waals surface area contributed by atoms with E-state index in [-0.39, 0.29) is 11.6 Å². The Kier molecular flexibility index (Phi) is 4.71. The number of ether oxygens (including phenoxy) is 1. The van der Waals surface area contributed by atoms with E-state index in [0.29, 0.717) is 0 Å². The van der Waals surface area contributed by atoms with Crippen molar-refractivity contribution in [3.63, 3.8) is 0 Å². The Labute approximate surface area is 165 Å². The van der Waals surface area contributed by atoms with Gasteiger partial charge in [-0.1, -0.05) is 18.2 Å². The molecule has 0 amide bonds. The van der Waals surface area contributed by atoms with Crippen molar-refractivity contribution in [2.45, 2.75) is 44.0 Å². The van der Waals surface area contributed by atoms with Crippen LogP contribution >= 0.6 is 0 Å². The summed E-state index contributed by atoms with van der Waals surface area (Å²) in [5.74, 6) is 2.06. The van der Waals surface area contributed by atoms with Gasteiger partial charge in [0, 0.05) is 43.2 Å². The van der Waals surface area contributed by atoms with E-state index >= 15 is 0 Å². The van der Waals surface area contributed by atoms with Crippen LogP contribution in [0.5, 0.6) is 5.75 Å². The lowest BCUT2D eigenvalue weighted by Gasteiger charge is -2.47. The van der Waals surface area contributed by atoms with Gasteiger partial charge < -0.3 is 18.9 Å². The summed E-state index contributed by atoms with van der Waals surface area (Å²) < 4.78 is 17.3. The van der Waals surface area contributed by atoms with E-state index in [0.717, 1.165) is 57.0 Å². The van der Waals surface area contributed by atoms with Crippen LogP contribution in [0, 0.1) is 0 Å². The standard InChI is InChI=1S/C23H26N2O3/c1-2-6-22-20(5-1)21(24-15-18-7-13-26-17-18)14-23(28-22)8-10-25(11-9-23)16-19-4-3-12-27-19/h1-7,12-13,17,21,24H,8-11,14-16H2. The first kappa shape index (κ1) is 17.6. The van der Waals surface area contributed by atoms with Gasteiger partial charge in [0.1, 0.15) is 17.1 Å². The molecular weight excluding hydrogens is 352 g/mol. The summed E-state index contributed by atoms with van der Waals surface area (Å²) >= 11 is 0. The molecule has 1 fully saturated rings. The van der Waals surface area contributed by atoms with E-state index in [4.69, 9.17) is 13.6 Å². The Morgan fingerprint density at radius 2 is 1.93 bits per heavy atom. The van der Waals surface area contributed by atoms with E-state index in [2.05, 4.69) is 34.5 Å². The molecule has 1 atom stereocenters. The van der Waals surface area contributed by atoms with Gasteiger partial charge >= 0.3 is 0 Å². The van der Waals surface area contributed by atoms with Crippen molar-refractivity contribution in [1.29, 1.82) is 0 Å². The molecule has 3 aromatic rings. The molecule has 0 bridgehead atoms. The van der Waals surface area contributed by atoms with E-state index in [1.807, 2.05) is 18.2 Å². The molecule has 28 heavy (non-hydrogen) atoms. The average Bonchev–Trinajstić information content (AvgIpc) is 3.42. The van der Waals surface area contributed by atoms with Gasteiger partial charge in [0.25, 0.3) is 0 Å². The molecule has 2 aliphatic rings. The quantitative estimate of drug-likeness (QED) is 0.707. The number of likely N-dealkylation sites (tertiary alicyclic amines) is 1. The van der Waals surface area contributed by atoms with E-state index < -0.39 is 0 Å². The predicted octanol–water partition coefficient (Wildman–Crippen LogP) is 4.52. The minimum atomic E-state index is -0.0952. The minimum absolute atomic E-state index is 0.0952. The van der Waals surface area contributed by atoms with Gasteiger partial charge in [-0.25, -0.2) is 0 Å². The Bertz CT molecular complexity index is 880. The first-order chi connectivity index (χ1) is 13.8. The predicted molar refractivity (Wildman–Crippen MR) is 106 cm³/mol. The zero-order valence-corrected chi connectivity index (χ0v) is 16.0. The lowest BCUT2D eigenvalue weighted by molar-refractivity contribution is -0.0283. The fourth-order valence-electron chi connectivity index (χ4n) is 4.48. The number of rotatable bonds is 5.